The monoisotopic (exact) mass is 658 g/mol. The zero-order valence-corrected chi connectivity index (χ0v) is 28.2. The molecule has 0 spiro atoms. The lowest BCUT2D eigenvalue weighted by Crippen LogP contribution is -2.10. The number of aromatic nitrogens is 2. The maximum absolute atomic E-state index is 10.1. The van der Waals surface area contributed by atoms with Crippen LogP contribution in [0.1, 0.15) is 22.3 Å². The molecule has 0 atom stereocenters. The second kappa shape index (κ2) is 15.1. The lowest BCUT2D eigenvalue weighted by molar-refractivity contribution is 0.218. The summed E-state index contributed by atoms with van der Waals surface area (Å²) >= 11 is 0. The highest BCUT2D eigenvalue weighted by atomic mass is 16.5. The van der Waals surface area contributed by atoms with E-state index in [4.69, 9.17) is 18.9 Å². The molecule has 0 aliphatic rings. The maximum Gasteiger partial charge on any atom is 0.232 e. The van der Waals surface area contributed by atoms with Crippen molar-refractivity contribution in [2.45, 2.75) is 13.8 Å². The van der Waals surface area contributed by atoms with Crippen LogP contribution in [0.2, 0.25) is 0 Å². The van der Waals surface area contributed by atoms with E-state index >= 15 is 0 Å². The number of pyridine rings is 2. The van der Waals surface area contributed by atoms with Crippen LogP contribution in [-0.2, 0) is 0 Å². The Hall–Kier alpha value is -6.64. The molecular weight excluding hydrogens is 624 g/mol. The summed E-state index contributed by atoms with van der Waals surface area (Å²) in [4.78, 5) is 9.26. The Morgan fingerprint density at radius 1 is 0.520 bits per heavy atom. The number of hydrogen-bond acceptors (Lipinski definition) is 8. The van der Waals surface area contributed by atoms with Gasteiger partial charge in [0, 0.05) is 33.4 Å². The number of rotatable bonds is 11. The molecule has 246 valence electrons. The third-order valence-corrected chi connectivity index (χ3v) is 8.23. The average molecular weight is 659 g/mol. The van der Waals surface area contributed by atoms with Crippen LogP contribution < -0.4 is 18.9 Å². The number of nitrogens with zero attached hydrogens (tertiary/aromatic N) is 4. The predicted molar refractivity (Wildman–Crippen MR) is 193 cm³/mol. The van der Waals surface area contributed by atoms with Gasteiger partial charge >= 0.3 is 0 Å². The highest BCUT2D eigenvalue weighted by Gasteiger charge is 2.20. The van der Waals surface area contributed by atoms with E-state index in [-0.39, 0.29) is 25.0 Å². The van der Waals surface area contributed by atoms with E-state index in [1.807, 2.05) is 123 Å². The van der Waals surface area contributed by atoms with Gasteiger partial charge in [0.1, 0.15) is 48.0 Å². The molecule has 0 unspecified atom stereocenters. The van der Waals surface area contributed by atoms with Gasteiger partial charge in [0.15, 0.2) is 0 Å². The molecule has 0 N–H and O–H groups in total. The van der Waals surface area contributed by atoms with Crippen LogP contribution in [0.25, 0.3) is 44.8 Å². The molecule has 50 heavy (non-hydrogen) atoms. The van der Waals surface area contributed by atoms with Crippen LogP contribution in [-0.4, -0.2) is 37.4 Å². The van der Waals surface area contributed by atoms with Crippen LogP contribution in [0, 0.1) is 36.5 Å². The van der Waals surface area contributed by atoms with Crippen molar-refractivity contribution in [1.82, 2.24) is 9.97 Å². The second-order valence-electron chi connectivity index (χ2n) is 11.5. The smallest absolute Gasteiger partial charge is 0.232 e. The standard InChI is InChI=1S/C42H34N4O4/c1-27-13-17-29(18-14-27)37-23-33(35(25-43)41(45-37)47-3)31-9-5-7-11-39(31)49-21-22-50-40-12-8-6-10-32(40)34-24-38(30-19-15-28(2)16-20-30)46-42(48-4)36(34)26-44/h5-20,23-24H,21-22H2,1-4H3. The minimum absolute atomic E-state index is 0.208. The van der Waals surface area contributed by atoms with E-state index in [2.05, 4.69) is 22.1 Å². The molecule has 2 heterocycles. The highest BCUT2D eigenvalue weighted by Crippen LogP contribution is 2.39. The van der Waals surface area contributed by atoms with E-state index in [0.29, 0.717) is 45.1 Å². The summed E-state index contributed by atoms with van der Waals surface area (Å²) < 4.78 is 23.7. The zero-order chi connectivity index (χ0) is 35.0. The summed E-state index contributed by atoms with van der Waals surface area (Å²) in [6.07, 6.45) is 0. The first-order chi connectivity index (χ1) is 24.4. The summed E-state index contributed by atoms with van der Waals surface area (Å²) in [7, 11) is 3.02. The Balaban J connectivity index is 1.27. The molecule has 0 amide bonds. The normalized spacial score (nSPS) is 10.5. The molecule has 6 rings (SSSR count). The lowest BCUT2D eigenvalue weighted by atomic mass is 9.97. The van der Waals surface area contributed by atoms with E-state index in [1.165, 1.54) is 14.2 Å². The van der Waals surface area contributed by atoms with Gasteiger partial charge in [-0.2, -0.15) is 10.5 Å². The molecule has 4 aromatic carbocycles. The molecule has 0 saturated heterocycles. The van der Waals surface area contributed by atoms with Crippen LogP contribution in [0.15, 0.2) is 109 Å². The van der Waals surface area contributed by atoms with Gasteiger partial charge in [0.05, 0.1) is 25.6 Å². The fraction of sp³-hybridized carbons (Fsp3) is 0.143. The molecule has 0 saturated carbocycles. The predicted octanol–water partition coefficient (Wildman–Crippen LogP) is 8.98. The molecule has 0 aliphatic heterocycles. The third kappa shape index (κ3) is 6.96. The summed E-state index contributed by atoms with van der Waals surface area (Å²) in [6, 6.07) is 39.5. The van der Waals surface area contributed by atoms with Gasteiger partial charge in [0.25, 0.3) is 0 Å². The molecule has 6 aromatic rings. The number of para-hydroxylation sites is 2. The fourth-order valence-electron chi connectivity index (χ4n) is 5.66. The molecular formula is C42H34N4O4. The SMILES string of the molecule is COc1nc(-c2ccc(C)cc2)cc(-c2ccccc2OCCOc2ccccc2-c2cc(-c3ccc(C)cc3)nc(OC)c2C#N)c1C#N. The maximum atomic E-state index is 10.1. The topological polar surface area (TPSA) is 110 Å². The molecule has 2 aromatic heterocycles. The number of aryl methyl sites for hydroxylation is 2. The number of nitriles is 2. The Bertz CT molecular complexity index is 2070. The number of benzene rings is 4. The zero-order valence-electron chi connectivity index (χ0n) is 28.2. The van der Waals surface area contributed by atoms with Gasteiger partial charge in [-0.3, -0.25) is 0 Å². The van der Waals surface area contributed by atoms with Crippen molar-refractivity contribution < 1.29 is 18.9 Å². The first-order valence-corrected chi connectivity index (χ1v) is 16.0. The Morgan fingerprint density at radius 3 is 1.26 bits per heavy atom. The van der Waals surface area contributed by atoms with Gasteiger partial charge in [-0.25, -0.2) is 9.97 Å². The molecule has 0 fully saturated rings. The molecule has 0 aliphatic carbocycles. The molecule has 8 nitrogen and oxygen atoms in total. The van der Waals surface area contributed by atoms with Crippen molar-refractivity contribution in [3.8, 4) is 80.2 Å². The summed E-state index contributed by atoms with van der Waals surface area (Å²) in [5.41, 5.74) is 8.83. The van der Waals surface area contributed by atoms with Gasteiger partial charge in [-0.1, -0.05) is 96.1 Å². The van der Waals surface area contributed by atoms with Gasteiger partial charge in [0.2, 0.25) is 11.8 Å². The molecule has 0 radical (unpaired) electrons. The third-order valence-electron chi connectivity index (χ3n) is 8.23. The van der Waals surface area contributed by atoms with Crippen LogP contribution in [0.5, 0.6) is 23.3 Å². The second-order valence-corrected chi connectivity index (χ2v) is 11.5. The van der Waals surface area contributed by atoms with Crippen LogP contribution >= 0.6 is 0 Å². The molecule has 0 bridgehead atoms. The minimum atomic E-state index is 0.208. The Morgan fingerprint density at radius 2 is 0.900 bits per heavy atom. The van der Waals surface area contributed by atoms with Crippen molar-refractivity contribution >= 4 is 0 Å². The van der Waals surface area contributed by atoms with Crippen LogP contribution in [0.4, 0.5) is 0 Å². The highest BCUT2D eigenvalue weighted by molar-refractivity contribution is 5.82. The average Bonchev–Trinajstić information content (AvgIpc) is 3.16. The number of methoxy groups -OCH3 is 2. The van der Waals surface area contributed by atoms with E-state index in [0.717, 1.165) is 33.4 Å². The van der Waals surface area contributed by atoms with E-state index < -0.39 is 0 Å². The van der Waals surface area contributed by atoms with E-state index in [1.54, 1.807) is 0 Å². The van der Waals surface area contributed by atoms with Gasteiger partial charge in [-0.05, 0) is 38.1 Å². The fourth-order valence-corrected chi connectivity index (χ4v) is 5.66. The van der Waals surface area contributed by atoms with Crippen LogP contribution in [0.3, 0.4) is 0 Å². The number of hydrogen-bond donors (Lipinski definition) is 0. The Labute approximate surface area is 291 Å². The van der Waals surface area contributed by atoms with Crippen molar-refractivity contribution in [1.29, 1.82) is 10.5 Å². The first kappa shape index (κ1) is 33.3. The van der Waals surface area contributed by atoms with Crippen molar-refractivity contribution in [2.24, 2.45) is 0 Å². The van der Waals surface area contributed by atoms with Crippen molar-refractivity contribution in [3.05, 3.63) is 131 Å². The van der Waals surface area contributed by atoms with Gasteiger partial charge < -0.3 is 18.9 Å². The quantitative estimate of drug-likeness (QED) is 0.127. The summed E-state index contributed by atoms with van der Waals surface area (Å²) in [5.74, 6) is 1.64. The molecule has 8 heteroatoms. The minimum Gasteiger partial charge on any atom is -0.489 e. The first-order valence-electron chi connectivity index (χ1n) is 16.0. The lowest BCUT2D eigenvalue weighted by Gasteiger charge is -2.17. The largest absolute Gasteiger partial charge is 0.489 e. The Kier molecular flexibility index (Phi) is 10.0. The van der Waals surface area contributed by atoms with Crippen molar-refractivity contribution in [2.75, 3.05) is 27.4 Å². The summed E-state index contributed by atoms with van der Waals surface area (Å²) in [5, 5.41) is 20.3. The van der Waals surface area contributed by atoms with Crippen molar-refractivity contribution in [3.63, 3.8) is 0 Å². The van der Waals surface area contributed by atoms with E-state index in [9.17, 15) is 10.5 Å². The summed E-state index contributed by atoms with van der Waals surface area (Å²) in [6.45, 7) is 4.47. The number of ether oxygens (including phenoxy) is 4. The van der Waals surface area contributed by atoms with Gasteiger partial charge in [-0.15, -0.1) is 0 Å².